The molecule has 0 aliphatic rings. The normalized spacial score (nSPS) is 13.6. The quantitative estimate of drug-likeness (QED) is 0.0305. The zero-order valence-electron chi connectivity index (χ0n) is 57.0. The van der Waals surface area contributed by atoms with Crippen LogP contribution in [0.15, 0.2) is 206 Å². The summed E-state index contributed by atoms with van der Waals surface area (Å²) in [5, 5.41) is 0. The fourth-order valence-electron chi connectivity index (χ4n) is 9.60. The predicted octanol–water partition coefficient (Wildman–Crippen LogP) is 22.0. The van der Waals surface area contributed by atoms with Crippen LogP contribution in [0.4, 0.5) is 0 Å². The van der Waals surface area contributed by atoms with Crippen LogP contribution in [0.25, 0.3) is 0 Å². The van der Waals surface area contributed by atoms with E-state index in [1.807, 2.05) is 113 Å². The largest absolute Gasteiger partial charge is 0.465 e. The van der Waals surface area contributed by atoms with Gasteiger partial charge in [0.25, 0.3) is 0 Å². The van der Waals surface area contributed by atoms with Crippen molar-refractivity contribution >= 4 is 0 Å². The number of benzene rings is 8. The summed E-state index contributed by atoms with van der Waals surface area (Å²) >= 11 is 0. The van der Waals surface area contributed by atoms with Gasteiger partial charge in [0, 0.05) is 0 Å². The summed E-state index contributed by atoms with van der Waals surface area (Å²) in [6.07, 6.45) is 7.72. The Bertz CT molecular complexity index is 3080. The summed E-state index contributed by atoms with van der Waals surface area (Å²) < 4.78 is 46.2. The van der Waals surface area contributed by atoms with Crippen LogP contribution < -0.4 is 18.9 Å². The lowest BCUT2D eigenvalue weighted by atomic mass is 9.99. The van der Waals surface area contributed by atoms with Crippen molar-refractivity contribution in [1.82, 2.24) is 0 Å². The maximum absolute atomic E-state index is 5.84. The Morgan fingerprint density at radius 3 is 0.933 bits per heavy atom. The van der Waals surface area contributed by atoms with Gasteiger partial charge in [-0.15, -0.1) is 0 Å². The minimum Gasteiger partial charge on any atom is -0.465 e. The van der Waals surface area contributed by atoms with Gasteiger partial charge in [-0.3, -0.25) is 0 Å². The Balaban J connectivity index is 0.000000218. The van der Waals surface area contributed by atoms with Crippen molar-refractivity contribution in [1.29, 1.82) is 0 Å². The van der Waals surface area contributed by atoms with Crippen molar-refractivity contribution in [2.45, 2.75) is 210 Å². The number of aryl methyl sites for hydroxylation is 4. The van der Waals surface area contributed by atoms with E-state index in [1.54, 1.807) is 0 Å². The first-order valence-electron chi connectivity index (χ1n) is 33.3. The molecule has 8 rings (SSSR count). The highest BCUT2D eigenvalue weighted by molar-refractivity contribution is 5.33. The second kappa shape index (κ2) is 42.0. The molecular weight excluding hydrogens is 1110 g/mol. The molecule has 0 fully saturated rings. The molecule has 0 radical (unpaired) electrons. The third-order valence-corrected chi connectivity index (χ3v) is 16.4. The highest BCUT2D eigenvalue weighted by atomic mass is 16.7. The molecule has 0 heterocycles. The van der Waals surface area contributed by atoms with Gasteiger partial charge >= 0.3 is 0 Å². The van der Waals surface area contributed by atoms with Gasteiger partial charge in [0.05, 0.1) is 26.4 Å². The summed E-state index contributed by atoms with van der Waals surface area (Å²) in [5.41, 5.74) is 13.1. The SMILES string of the molecule is CCC(C)c1ccc(OC(C)OCCCc2ccccc2)cc1.CCC(C)c1ccc(OC(C)OCCCc2ccccc2C)cc1.CCC(C)c1ccc(OC(C)OCc2ccc(C)cc2)cc1.CCC(C)c1ccc(OC(C)OCc2ccccc2)cc1. The third-order valence-electron chi connectivity index (χ3n) is 16.4. The Morgan fingerprint density at radius 1 is 0.289 bits per heavy atom. The van der Waals surface area contributed by atoms with E-state index in [9.17, 15) is 0 Å². The summed E-state index contributed by atoms with van der Waals surface area (Å²) in [5.74, 6) is 5.80. The molecular formula is C82H108O8. The highest BCUT2D eigenvalue weighted by Crippen LogP contribution is 2.27. The third kappa shape index (κ3) is 28.7. The number of ether oxygens (including phenoxy) is 8. The molecule has 0 spiro atoms. The van der Waals surface area contributed by atoms with E-state index in [0.717, 1.165) is 85.5 Å². The van der Waals surface area contributed by atoms with Crippen LogP contribution in [-0.4, -0.2) is 38.4 Å². The zero-order valence-corrected chi connectivity index (χ0v) is 57.0. The van der Waals surface area contributed by atoms with Gasteiger partial charge < -0.3 is 37.9 Å². The monoisotopic (exact) mass is 1220 g/mol. The molecule has 8 atom stereocenters. The number of rotatable bonds is 32. The fraction of sp³-hybridized carbons (Fsp3) is 0.415. The second-order valence-electron chi connectivity index (χ2n) is 23.7. The molecule has 0 aromatic heterocycles. The topological polar surface area (TPSA) is 73.8 Å². The van der Waals surface area contributed by atoms with E-state index in [2.05, 4.69) is 191 Å². The van der Waals surface area contributed by atoms with E-state index in [0.29, 0.717) is 50.1 Å². The lowest BCUT2D eigenvalue weighted by Crippen LogP contribution is -2.17. The van der Waals surface area contributed by atoms with Crippen molar-refractivity contribution in [3.05, 3.63) is 262 Å². The van der Waals surface area contributed by atoms with Crippen molar-refractivity contribution in [2.75, 3.05) is 13.2 Å². The molecule has 8 aromatic carbocycles. The highest BCUT2D eigenvalue weighted by Gasteiger charge is 2.12. The Labute approximate surface area is 543 Å². The minimum absolute atomic E-state index is 0.222. The molecule has 8 heteroatoms. The second-order valence-corrected chi connectivity index (χ2v) is 23.7. The van der Waals surface area contributed by atoms with E-state index in [4.69, 9.17) is 37.9 Å². The van der Waals surface area contributed by atoms with Crippen LogP contribution in [0.2, 0.25) is 0 Å². The van der Waals surface area contributed by atoms with Crippen LogP contribution in [0, 0.1) is 13.8 Å². The standard InChI is InChI=1S/C22H30O2.C21H28O2.C20H26O2.C19H24O2/c1-5-17(2)21-12-14-22(15-13-21)24-19(4)23-16-8-11-20-10-7-6-9-18(20)3;1-4-17(2)20-12-14-21(15-13-20)23-18(3)22-16-8-11-19-9-6-5-7-10-19;1-5-16(3)19-10-12-20(13-11-19)22-17(4)21-14-18-8-6-15(2)7-9-18;1-4-15(2)18-10-12-19(13-11-18)21-16(3)20-14-17-8-6-5-7-9-17/h6-7,9-10,12-15,17,19H,5,8,11,16H2,1-4H3;5-7,9-10,12-15,17-18H,4,8,11,16H2,1-3H3;6-13,16-17H,5,14H2,1-4H3;5-13,15-16H,4,14H2,1-3H3. The molecule has 0 bridgehead atoms. The van der Waals surface area contributed by atoms with Gasteiger partial charge in [-0.2, -0.15) is 0 Å². The van der Waals surface area contributed by atoms with E-state index < -0.39 is 0 Å². The van der Waals surface area contributed by atoms with Crippen molar-refractivity contribution in [3.8, 4) is 23.0 Å². The maximum atomic E-state index is 5.84. The van der Waals surface area contributed by atoms with Crippen molar-refractivity contribution < 1.29 is 37.9 Å². The van der Waals surface area contributed by atoms with Crippen molar-refractivity contribution in [3.63, 3.8) is 0 Å². The molecule has 8 unspecified atom stereocenters. The fourth-order valence-corrected chi connectivity index (χ4v) is 9.60. The predicted molar refractivity (Wildman–Crippen MR) is 374 cm³/mol. The van der Waals surface area contributed by atoms with Crippen molar-refractivity contribution in [2.24, 2.45) is 0 Å². The average molecular weight is 1220 g/mol. The van der Waals surface area contributed by atoms with Crippen LogP contribution >= 0.6 is 0 Å². The molecule has 0 amide bonds. The van der Waals surface area contributed by atoms with E-state index >= 15 is 0 Å². The van der Waals surface area contributed by atoms with Gasteiger partial charge in [-0.1, -0.05) is 219 Å². The number of hydrogen-bond acceptors (Lipinski definition) is 8. The lowest BCUT2D eigenvalue weighted by molar-refractivity contribution is -0.0761. The minimum atomic E-state index is -0.268. The molecule has 8 nitrogen and oxygen atoms in total. The van der Waals surface area contributed by atoms with Crippen LogP contribution in [0.1, 0.15) is 201 Å². The van der Waals surface area contributed by atoms with E-state index in [1.165, 1.54) is 44.5 Å². The van der Waals surface area contributed by atoms with Gasteiger partial charge in [0.1, 0.15) is 23.0 Å². The summed E-state index contributed by atoms with van der Waals surface area (Å²) in [6, 6.07) is 70.8. The molecule has 0 saturated heterocycles. The molecule has 0 aliphatic carbocycles. The van der Waals surface area contributed by atoms with Gasteiger partial charge in [0.2, 0.25) is 0 Å². The molecule has 0 N–H and O–H groups in total. The molecule has 484 valence electrons. The van der Waals surface area contributed by atoms with Gasteiger partial charge in [0.15, 0.2) is 25.2 Å². The average Bonchev–Trinajstić information content (AvgIpc) is 3.40. The smallest absolute Gasteiger partial charge is 0.197 e. The van der Waals surface area contributed by atoms with Crippen LogP contribution in [0.5, 0.6) is 23.0 Å². The molecule has 0 aliphatic heterocycles. The molecule has 90 heavy (non-hydrogen) atoms. The Kier molecular flexibility index (Phi) is 34.3. The summed E-state index contributed by atoms with van der Waals surface area (Å²) in [4.78, 5) is 0. The molecule has 0 saturated carbocycles. The first-order valence-corrected chi connectivity index (χ1v) is 33.3. The first kappa shape index (κ1) is 73.5. The first-order chi connectivity index (χ1) is 43.5. The Morgan fingerprint density at radius 2 is 0.589 bits per heavy atom. The van der Waals surface area contributed by atoms with Crippen LogP contribution in [-0.2, 0) is 45.0 Å². The maximum Gasteiger partial charge on any atom is 0.197 e. The lowest BCUT2D eigenvalue weighted by Gasteiger charge is -2.16. The van der Waals surface area contributed by atoms with Gasteiger partial charge in [-0.05, 0) is 215 Å². The van der Waals surface area contributed by atoms with E-state index in [-0.39, 0.29) is 25.2 Å². The van der Waals surface area contributed by atoms with Gasteiger partial charge in [-0.25, -0.2) is 0 Å². The summed E-state index contributed by atoms with van der Waals surface area (Å²) in [7, 11) is 0. The number of hydrogen-bond donors (Lipinski definition) is 0. The van der Waals surface area contributed by atoms with Crippen LogP contribution in [0.3, 0.4) is 0 Å². The zero-order chi connectivity index (χ0) is 64.9. The Hall–Kier alpha value is -7.20. The summed E-state index contributed by atoms with van der Waals surface area (Å²) in [6.45, 7) is 32.3. The molecule has 8 aromatic rings.